The first-order valence-corrected chi connectivity index (χ1v) is 2.29. The number of nitrogens with zero attached hydrogens (tertiary/aromatic N) is 1. The van der Waals surface area contributed by atoms with Gasteiger partial charge in [0, 0.05) is 14.1 Å². The van der Waals surface area contributed by atoms with Crippen LogP contribution in [0.4, 0.5) is 13.2 Å². The molecule has 0 aliphatic heterocycles. The molecule has 0 amide bonds. The van der Waals surface area contributed by atoms with E-state index >= 15 is 0 Å². The van der Waals surface area contributed by atoms with Gasteiger partial charge in [0.2, 0.25) is 0 Å². The smallest absolute Gasteiger partial charge is 0.290 e. The SMILES string of the molecule is CN(C)OCC(F)(F)F. The van der Waals surface area contributed by atoms with Crippen LogP contribution in [0, 0.1) is 0 Å². The summed E-state index contributed by atoms with van der Waals surface area (Å²) in [7, 11) is 2.79. The third kappa shape index (κ3) is 7.71. The molecule has 0 N–H and O–H groups in total. The molecule has 0 unspecified atom stereocenters. The van der Waals surface area contributed by atoms with E-state index in [2.05, 4.69) is 4.84 Å². The molecule has 0 aliphatic carbocycles. The molecule has 0 heterocycles. The molecule has 5 heteroatoms. The highest BCUT2D eigenvalue weighted by Crippen LogP contribution is 2.14. The predicted octanol–water partition coefficient (Wildman–Crippen LogP) is 1.04. The summed E-state index contributed by atoms with van der Waals surface area (Å²) < 4.78 is 33.8. The van der Waals surface area contributed by atoms with Crippen molar-refractivity contribution in [3.63, 3.8) is 0 Å². The van der Waals surface area contributed by atoms with Crippen molar-refractivity contribution in [2.24, 2.45) is 0 Å². The molecule has 0 saturated heterocycles. The molecule has 0 aromatic carbocycles. The van der Waals surface area contributed by atoms with E-state index in [1.807, 2.05) is 0 Å². The molecule has 0 spiro atoms. The van der Waals surface area contributed by atoms with Crippen molar-refractivity contribution in [1.29, 1.82) is 0 Å². The van der Waals surface area contributed by atoms with E-state index in [0.717, 1.165) is 5.06 Å². The third-order valence-electron chi connectivity index (χ3n) is 0.486. The van der Waals surface area contributed by atoms with Crippen LogP contribution in [0.25, 0.3) is 0 Å². The summed E-state index contributed by atoms with van der Waals surface area (Å²) in [5, 5.41) is 1.01. The van der Waals surface area contributed by atoms with Gasteiger partial charge in [0.15, 0.2) is 6.61 Å². The van der Waals surface area contributed by atoms with Crippen LogP contribution in [-0.4, -0.2) is 31.9 Å². The molecular formula is C4H8F3NO. The first kappa shape index (κ1) is 8.71. The van der Waals surface area contributed by atoms with Gasteiger partial charge in [0.1, 0.15) is 0 Å². The maximum Gasteiger partial charge on any atom is 0.413 e. The standard InChI is InChI=1S/C4H8F3NO/c1-8(2)9-3-4(5,6)7/h3H2,1-2H3. The minimum atomic E-state index is -4.23. The molecule has 0 atom stereocenters. The number of rotatable bonds is 2. The normalized spacial score (nSPS) is 12.7. The Bertz CT molecular complexity index is 80.4. The van der Waals surface area contributed by atoms with E-state index in [-0.39, 0.29) is 0 Å². The Balaban J connectivity index is 3.28. The van der Waals surface area contributed by atoms with Crippen LogP contribution in [0.15, 0.2) is 0 Å². The zero-order chi connectivity index (χ0) is 7.49. The molecule has 0 rings (SSSR count). The topological polar surface area (TPSA) is 12.5 Å². The van der Waals surface area contributed by atoms with Gasteiger partial charge in [0.25, 0.3) is 0 Å². The summed E-state index contributed by atoms with van der Waals surface area (Å²) in [5.41, 5.74) is 0. The summed E-state index contributed by atoms with van der Waals surface area (Å²) >= 11 is 0. The maximum atomic E-state index is 11.3. The highest BCUT2D eigenvalue weighted by molar-refractivity contribution is 4.42. The Morgan fingerprint density at radius 3 is 1.89 bits per heavy atom. The second kappa shape index (κ2) is 3.03. The maximum absolute atomic E-state index is 11.3. The molecule has 0 radical (unpaired) electrons. The van der Waals surface area contributed by atoms with Crippen molar-refractivity contribution >= 4 is 0 Å². The molecule has 2 nitrogen and oxygen atoms in total. The highest BCUT2D eigenvalue weighted by Gasteiger charge is 2.27. The van der Waals surface area contributed by atoms with E-state index < -0.39 is 12.8 Å². The first-order valence-electron chi connectivity index (χ1n) is 2.29. The van der Waals surface area contributed by atoms with Crippen molar-refractivity contribution < 1.29 is 18.0 Å². The number of hydrogen-bond acceptors (Lipinski definition) is 2. The van der Waals surface area contributed by atoms with Crippen molar-refractivity contribution in [2.75, 3.05) is 20.7 Å². The summed E-state index contributed by atoms with van der Waals surface area (Å²) in [6.07, 6.45) is -4.23. The van der Waals surface area contributed by atoms with Gasteiger partial charge in [-0.2, -0.15) is 18.2 Å². The first-order chi connectivity index (χ1) is 3.92. The van der Waals surface area contributed by atoms with E-state index in [4.69, 9.17) is 0 Å². The van der Waals surface area contributed by atoms with Gasteiger partial charge >= 0.3 is 6.18 Å². The molecule has 0 aromatic heterocycles. The molecule has 56 valence electrons. The monoisotopic (exact) mass is 143 g/mol. The Morgan fingerprint density at radius 2 is 1.78 bits per heavy atom. The average molecular weight is 143 g/mol. The Labute approximate surface area is 51.2 Å². The summed E-state index contributed by atoms with van der Waals surface area (Å²) in [6, 6.07) is 0. The van der Waals surface area contributed by atoms with Gasteiger partial charge in [-0.15, -0.1) is 0 Å². The second-order valence-corrected chi connectivity index (χ2v) is 1.70. The largest absolute Gasteiger partial charge is 0.413 e. The van der Waals surface area contributed by atoms with Crippen molar-refractivity contribution in [3.8, 4) is 0 Å². The highest BCUT2D eigenvalue weighted by atomic mass is 19.4. The van der Waals surface area contributed by atoms with Crippen LogP contribution in [0.3, 0.4) is 0 Å². The number of hydroxylamine groups is 2. The minimum Gasteiger partial charge on any atom is -0.290 e. The average Bonchev–Trinajstić information content (AvgIpc) is 1.59. The molecule has 0 fully saturated rings. The van der Waals surface area contributed by atoms with Crippen LogP contribution in [0.2, 0.25) is 0 Å². The lowest BCUT2D eigenvalue weighted by Crippen LogP contribution is -2.23. The second-order valence-electron chi connectivity index (χ2n) is 1.70. The molecule has 0 aliphatic rings. The van der Waals surface area contributed by atoms with Crippen LogP contribution in [0.5, 0.6) is 0 Å². The molecule has 0 bridgehead atoms. The van der Waals surface area contributed by atoms with Crippen molar-refractivity contribution in [1.82, 2.24) is 5.06 Å². The Kier molecular flexibility index (Phi) is 2.93. The fourth-order valence-electron chi connectivity index (χ4n) is 0.202. The summed E-state index contributed by atoms with van der Waals surface area (Å²) in [4.78, 5) is 4.11. The number of halogens is 3. The lowest BCUT2D eigenvalue weighted by atomic mass is 10.7. The fourth-order valence-corrected chi connectivity index (χ4v) is 0.202. The quantitative estimate of drug-likeness (QED) is 0.535. The predicted molar refractivity (Wildman–Crippen MR) is 25.7 cm³/mol. The van der Waals surface area contributed by atoms with Crippen LogP contribution in [0.1, 0.15) is 0 Å². The lowest BCUT2D eigenvalue weighted by molar-refractivity contribution is -0.236. The number of hydrogen-bond donors (Lipinski definition) is 0. The van der Waals surface area contributed by atoms with Gasteiger partial charge in [-0.25, -0.2) is 0 Å². The van der Waals surface area contributed by atoms with Crippen molar-refractivity contribution in [2.45, 2.75) is 6.18 Å². The van der Waals surface area contributed by atoms with E-state index in [1.54, 1.807) is 0 Å². The molecule has 9 heavy (non-hydrogen) atoms. The molecule has 0 saturated carbocycles. The molecular weight excluding hydrogens is 135 g/mol. The zero-order valence-electron chi connectivity index (χ0n) is 5.20. The van der Waals surface area contributed by atoms with Gasteiger partial charge in [-0.3, -0.25) is 4.84 Å². The summed E-state index contributed by atoms with van der Waals surface area (Å²) in [5.74, 6) is 0. The Hall–Kier alpha value is -0.290. The minimum absolute atomic E-state index is 1.01. The van der Waals surface area contributed by atoms with Gasteiger partial charge in [-0.1, -0.05) is 0 Å². The van der Waals surface area contributed by atoms with Gasteiger partial charge in [-0.05, 0) is 0 Å². The van der Waals surface area contributed by atoms with E-state index in [1.165, 1.54) is 14.1 Å². The van der Waals surface area contributed by atoms with Crippen molar-refractivity contribution in [3.05, 3.63) is 0 Å². The van der Waals surface area contributed by atoms with E-state index in [0.29, 0.717) is 0 Å². The van der Waals surface area contributed by atoms with E-state index in [9.17, 15) is 13.2 Å². The Morgan fingerprint density at radius 1 is 1.33 bits per heavy atom. The molecule has 0 aromatic rings. The van der Waals surface area contributed by atoms with Crippen LogP contribution < -0.4 is 0 Å². The number of alkyl halides is 3. The zero-order valence-corrected chi connectivity index (χ0v) is 5.20. The lowest BCUT2D eigenvalue weighted by Gasteiger charge is -2.11. The van der Waals surface area contributed by atoms with Crippen LogP contribution >= 0.6 is 0 Å². The van der Waals surface area contributed by atoms with Gasteiger partial charge in [0.05, 0.1) is 0 Å². The van der Waals surface area contributed by atoms with Crippen LogP contribution in [-0.2, 0) is 4.84 Å². The third-order valence-corrected chi connectivity index (χ3v) is 0.486. The van der Waals surface area contributed by atoms with Gasteiger partial charge < -0.3 is 0 Å². The summed E-state index contributed by atoms with van der Waals surface area (Å²) in [6.45, 7) is -1.22. The fraction of sp³-hybridized carbons (Fsp3) is 1.00.